The summed E-state index contributed by atoms with van der Waals surface area (Å²) in [5, 5.41) is 0. The van der Waals surface area contributed by atoms with Crippen molar-refractivity contribution in [3.63, 3.8) is 0 Å². The number of benzene rings is 1. The molecule has 1 nitrogen and oxygen atoms in total. The van der Waals surface area contributed by atoms with Gasteiger partial charge in [0.05, 0.1) is 10.7 Å². The minimum Gasteiger partial charge on any atom is -0.496 e. The van der Waals surface area contributed by atoms with Gasteiger partial charge in [-0.05, 0) is 69.3 Å². The van der Waals surface area contributed by atoms with Crippen molar-refractivity contribution in [2.24, 2.45) is 0 Å². The van der Waals surface area contributed by atoms with Gasteiger partial charge in [0.2, 0.25) is 0 Å². The standard InChI is InChI=1S/C9H10I2O/c1-3-6-4-7(10)9(11)8(5-6)12-2/h4-5H,3H2,1-2H3. The van der Waals surface area contributed by atoms with E-state index in [0.29, 0.717) is 0 Å². The molecule has 0 amide bonds. The van der Waals surface area contributed by atoms with E-state index in [9.17, 15) is 0 Å². The van der Waals surface area contributed by atoms with E-state index in [-0.39, 0.29) is 0 Å². The van der Waals surface area contributed by atoms with E-state index in [1.807, 2.05) is 0 Å². The average Bonchev–Trinajstić information content (AvgIpc) is 2.09. The lowest BCUT2D eigenvalue weighted by Gasteiger charge is -2.07. The minimum absolute atomic E-state index is 0.986. The van der Waals surface area contributed by atoms with Gasteiger partial charge in [0.1, 0.15) is 5.75 Å². The van der Waals surface area contributed by atoms with Gasteiger partial charge in [-0.1, -0.05) is 6.92 Å². The number of hydrogen-bond donors (Lipinski definition) is 0. The lowest BCUT2D eigenvalue weighted by molar-refractivity contribution is 0.411. The summed E-state index contributed by atoms with van der Waals surface area (Å²) in [5.41, 5.74) is 1.33. The van der Waals surface area contributed by atoms with Crippen molar-refractivity contribution in [1.29, 1.82) is 0 Å². The summed E-state index contributed by atoms with van der Waals surface area (Å²) < 4.78 is 7.73. The molecule has 0 radical (unpaired) electrons. The van der Waals surface area contributed by atoms with Crippen molar-refractivity contribution in [1.82, 2.24) is 0 Å². The zero-order valence-corrected chi connectivity index (χ0v) is 11.3. The van der Waals surface area contributed by atoms with E-state index in [4.69, 9.17) is 4.74 Å². The molecule has 0 aliphatic carbocycles. The molecule has 0 aliphatic heterocycles. The quantitative estimate of drug-likeness (QED) is 0.706. The molecule has 0 atom stereocenters. The van der Waals surface area contributed by atoms with Gasteiger partial charge in [-0.3, -0.25) is 0 Å². The lowest BCUT2D eigenvalue weighted by atomic mass is 10.2. The van der Waals surface area contributed by atoms with Crippen molar-refractivity contribution < 1.29 is 4.74 Å². The maximum absolute atomic E-state index is 5.26. The van der Waals surface area contributed by atoms with Crippen molar-refractivity contribution in [2.75, 3.05) is 7.11 Å². The van der Waals surface area contributed by atoms with Crippen LogP contribution < -0.4 is 4.74 Å². The highest BCUT2D eigenvalue weighted by molar-refractivity contribution is 14.1. The highest BCUT2D eigenvalue weighted by Crippen LogP contribution is 2.27. The second-order valence-electron chi connectivity index (χ2n) is 2.45. The summed E-state index contributed by atoms with van der Waals surface area (Å²) in [6.07, 6.45) is 1.06. The highest BCUT2D eigenvalue weighted by Gasteiger charge is 2.05. The maximum atomic E-state index is 5.26. The Hall–Kier alpha value is 0.480. The van der Waals surface area contributed by atoms with Crippen LogP contribution in [0.25, 0.3) is 0 Å². The van der Waals surface area contributed by atoms with Gasteiger partial charge in [-0.2, -0.15) is 0 Å². The molecule has 3 heteroatoms. The van der Waals surface area contributed by atoms with E-state index in [1.165, 1.54) is 12.7 Å². The molecule has 0 spiro atoms. The first-order valence-electron chi connectivity index (χ1n) is 3.71. The van der Waals surface area contributed by atoms with Crippen LogP contribution in [0.3, 0.4) is 0 Å². The summed E-state index contributed by atoms with van der Waals surface area (Å²) >= 11 is 4.64. The van der Waals surface area contributed by atoms with E-state index < -0.39 is 0 Å². The van der Waals surface area contributed by atoms with Gasteiger partial charge in [0, 0.05) is 3.57 Å². The van der Waals surface area contributed by atoms with Crippen LogP contribution in [0.5, 0.6) is 5.75 Å². The number of methoxy groups -OCH3 is 1. The smallest absolute Gasteiger partial charge is 0.133 e. The van der Waals surface area contributed by atoms with Crippen LogP contribution in [0.2, 0.25) is 0 Å². The molecular formula is C9H10I2O. The predicted octanol–water partition coefficient (Wildman–Crippen LogP) is 3.47. The summed E-state index contributed by atoms with van der Waals surface area (Å²) in [6.45, 7) is 2.15. The molecular weight excluding hydrogens is 378 g/mol. The Morgan fingerprint density at radius 2 is 2.00 bits per heavy atom. The molecule has 0 fully saturated rings. The molecule has 0 N–H and O–H groups in total. The van der Waals surface area contributed by atoms with Crippen LogP contribution in [0.15, 0.2) is 12.1 Å². The fourth-order valence-corrected chi connectivity index (χ4v) is 2.17. The van der Waals surface area contributed by atoms with Crippen molar-refractivity contribution >= 4 is 45.2 Å². The zero-order chi connectivity index (χ0) is 9.14. The van der Waals surface area contributed by atoms with Crippen molar-refractivity contribution in [2.45, 2.75) is 13.3 Å². The lowest BCUT2D eigenvalue weighted by Crippen LogP contribution is -1.92. The molecule has 66 valence electrons. The van der Waals surface area contributed by atoms with Crippen LogP contribution in [0, 0.1) is 7.14 Å². The summed E-state index contributed by atoms with van der Waals surface area (Å²) in [5.74, 6) is 0.986. The van der Waals surface area contributed by atoms with Crippen molar-refractivity contribution in [3.8, 4) is 5.75 Å². The molecule has 0 saturated carbocycles. The predicted molar refractivity (Wildman–Crippen MR) is 67.8 cm³/mol. The Labute approximate surface area is 100 Å². The van der Waals surface area contributed by atoms with Crippen LogP contribution in [0.1, 0.15) is 12.5 Å². The van der Waals surface area contributed by atoms with E-state index in [1.54, 1.807) is 7.11 Å². The van der Waals surface area contributed by atoms with Gasteiger partial charge in [0.15, 0.2) is 0 Å². The average molecular weight is 388 g/mol. The Balaban J connectivity index is 3.19. The third-order valence-corrected chi connectivity index (χ3v) is 4.68. The Bertz CT molecular complexity index is 284. The topological polar surface area (TPSA) is 9.23 Å². The van der Waals surface area contributed by atoms with Gasteiger partial charge in [0.25, 0.3) is 0 Å². The normalized spacial score (nSPS) is 10.0. The van der Waals surface area contributed by atoms with Crippen LogP contribution in [-0.4, -0.2) is 7.11 Å². The molecule has 12 heavy (non-hydrogen) atoms. The Kier molecular flexibility index (Phi) is 4.09. The van der Waals surface area contributed by atoms with Crippen LogP contribution >= 0.6 is 45.2 Å². The molecule has 0 heterocycles. The zero-order valence-electron chi connectivity index (χ0n) is 7.03. The molecule has 0 bridgehead atoms. The Morgan fingerprint density at radius 1 is 1.33 bits per heavy atom. The van der Waals surface area contributed by atoms with Gasteiger partial charge in [-0.25, -0.2) is 0 Å². The molecule has 1 rings (SSSR count). The van der Waals surface area contributed by atoms with Crippen molar-refractivity contribution in [3.05, 3.63) is 24.8 Å². The number of hydrogen-bond acceptors (Lipinski definition) is 1. The summed E-state index contributed by atoms with van der Waals surface area (Å²) in [7, 11) is 1.72. The minimum atomic E-state index is 0.986. The third-order valence-electron chi connectivity index (χ3n) is 1.68. The largest absolute Gasteiger partial charge is 0.496 e. The summed E-state index contributed by atoms with van der Waals surface area (Å²) in [4.78, 5) is 0. The third kappa shape index (κ3) is 2.25. The second-order valence-corrected chi connectivity index (χ2v) is 4.69. The Morgan fingerprint density at radius 3 is 2.50 bits per heavy atom. The van der Waals surface area contributed by atoms with Crippen LogP contribution in [0.4, 0.5) is 0 Å². The van der Waals surface area contributed by atoms with E-state index in [2.05, 4.69) is 64.2 Å². The molecule has 0 saturated heterocycles. The molecule has 1 aromatic rings. The molecule has 0 unspecified atom stereocenters. The first-order chi connectivity index (χ1) is 5.69. The maximum Gasteiger partial charge on any atom is 0.133 e. The first-order valence-corrected chi connectivity index (χ1v) is 5.86. The number of rotatable bonds is 2. The second kappa shape index (κ2) is 4.64. The molecule has 1 aromatic carbocycles. The SMILES string of the molecule is CCc1cc(I)c(I)c(OC)c1. The monoisotopic (exact) mass is 388 g/mol. The summed E-state index contributed by atoms with van der Waals surface area (Å²) in [6, 6.07) is 4.30. The molecule has 0 aliphatic rings. The van der Waals surface area contributed by atoms with Crippen LogP contribution in [-0.2, 0) is 6.42 Å². The van der Waals surface area contributed by atoms with Gasteiger partial charge < -0.3 is 4.74 Å². The number of ether oxygens (including phenoxy) is 1. The fraction of sp³-hybridized carbons (Fsp3) is 0.333. The number of aryl methyl sites for hydroxylation is 1. The van der Waals surface area contributed by atoms with Gasteiger partial charge in [-0.15, -0.1) is 0 Å². The fourth-order valence-electron chi connectivity index (χ4n) is 0.970. The van der Waals surface area contributed by atoms with E-state index in [0.717, 1.165) is 12.2 Å². The molecule has 0 aromatic heterocycles. The first kappa shape index (κ1) is 10.6. The highest BCUT2D eigenvalue weighted by atomic mass is 127. The number of halogens is 2. The van der Waals surface area contributed by atoms with Gasteiger partial charge >= 0.3 is 0 Å². The van der Waals surface area contributed by atoms with E-state index >= 15 is 0 Å².